The zero-order valence-electron chi connectivity index (χ0n) is 16.8. The lowest BCUT2D eigenvalue weighted by molar-refractivity contribution is -0.137. The van der Waals surface area contributed by atoms with Crippen LogP contribution in [0.1, 0.15) is 50.2 Å². The van der Waals surface area contributed by atoms with Crippen molar-refractivity contribution >= 4 is 17.4 Å². The van der Waals surface area contributed by atoms with Crippen LogP contribution in [-0.2, 0) is 15.8 Å². The van der Waals surface area contributed by atoms with E-state index in [9.17, 15) is 22.8 Å². The number of allylic oxidation sites excluding steroid dienone is 2. The van der Waals surface area contributed by atoms with Crippen LogP contribution in [0.15, 0.2) is 65.9 Å². The molecule has 1 unspecified atom stereocenters. The second-order valence-electron chi connectivity index (χ2n) is 8.74. The van der Waals surface area contributed by atoms with Gasteiger partial charge in [0.1, 0.15) is 0 Å². The minimum absolute atomic E-state index is 0.0421. The van der Waals surface area contributed by atoms with Crippen molar-refractivity contribution in [2.24, 2.45) is 5.41 Å². The average molecular weight is 413 g/mol. The SMILES string of the molecule is CC1(C)CC(=O)C2=C(C1)N(c1ccccc1)C(=O)CC2c1ccc(C(F)(F)F)cc1. The highest BCUT2D eigenvalue weighted by molar-refractivity contribution is 6.07. The van der Waals surface area contributed by atoms with Crippen LogP contribution in [-0.4, -0.2) is 11.7 Å². The molecule has 1 heterocycles. The molecule has 1 aliphatic carbocycles. The lowest BCUT2D eigenvalue weighted by atomic mass is 9.69. The maximum absolute atomic E-state index is 13.2. The number of rotatable bonds is 2. The Morgan fingerprint density at radius 1 is 0.933 bits per heavy atom. The minimum atomic E-state index is -4.43. The number of benzene rings is 2. The summed E-state index contributed by atoms with van der Waals surface area (Å²) in [6.45, 7) is 3.98. The summed E-state index contributed by atoms with van der Waals surface area (Å²) in [4.78, 5) is 28.0. The summed E-state index contributed by atoms with van der Waals surface area (Å²) in [7, 11) is 0. The number of hydrogen-bond acceptors (Lipinski definition) is 2. The van der Waals surface area contributed by atoms with Crippen molar-refractivity contribution in [1.29, 1.82) is 0 Å². The van der Waals surface area contributed by atoms with Gasteiger partial charge in [0.05, 0.1) is 5.56 Å². The number of amides is 1. The van der Waals surface area contributed by atoms with E-state index in [0.717, 1.165) is 12.1 Å². The lowest BCUT2D eigenvalue weighted by Crippen LogP contribution is -2.43. The van der Waals surface area contributed by atoms with Crippen LogP contribution in [0.4, 0.5) is 18.9 Å². The molecule has 0 saturated carbocycles. The standard InChI is InChI=1S/C24H22F3NO2/c1-23(2)13-19-22(20(29)14-23)18(15-8-10-16(11-9-15)24(25,26)27)12-21(30)28(19)17-6-4-3-5-7-17/h3-11,18H,12-14H2,1-2H3. The van der Waals surface area contributed by atoms with E-state index in [0.29, 0.717) is 35.4 Å². The lowest BCUT2D eigenvalue weighted by Gasteiger charge is -2.43. The van der Waals surface area contributed by atoms with E-state index in [1.165, 1.54) is 12.1 Å². The number of hydrogen-bond donors (Lipinski definition) is 0. The van der Waals surface area contributed by atoms with Crippen molar-refractivity contribution in [2.75, 3.05) is 4.90 Å². The first-order valence-electron chi connectivity index (χ1n) is 9.88. The largest absolute Gasteiger partial charge is 0.416 e. The van der Waals surface area contributed by atoms with E-state index >= 15 is 0 Å². The molecule has 0 bridgehead atoms. The van der Waals surface area contributed by atoms with E-state index < -0.39 is 17.7 Å². The Kier molecular flexibility index (Phi) is 4.83. The van der Waals surface area contributed by atoms with E-state index in [-0.39, 0.29) is 23.5 Å². The van der Waals surface area contributed by atoms with Gasteiger partial charge in [0.2, 0.25) is 5.91 Å². The highest BCUT2D eigenvalue weighted by Gasteiger charge is 2.44. The highest BCUT2D eigenvalue weighted by atomic mass is 19.4. The monoisotopic (exact) mass is 413 g/mol. The van der Waals surface area contributed by atoms with E-state index in [4.69, 9.17) is 0 Å². The van der Waals surface area contributed by atoms with Gasteiger partial charge in [-0.1, -0.05) is 44.2 Å². The number of carbonyl (C=O) groups excluding carboxylic acids is 2. The van der Waals surface area contributed by atoms with Crippen LogP contribution in [0.3, 0.4) is 0 Å². The predicted molar refractivity (Wildman–Crippen MR) is 108 cm³/mol. The van der Waals surface area contributed by atoms with Crippen molar-refractivity contribution in [2.45, 2.75) is 45.2 Å². The third-order valence-corrected chi connectivity index (χ3v) is 5.80. The molecule has 2 aromatic carbocycles. The van der Waals surface area contributed by atoms with E-state index in [2.05, 4.69) is 0 Å². The zero-order chi connectivity index (χ0) is 21.7. The van der Waals surface area contributed by atoms with Gasteiger partial charge in [-0.3, -0.25) is 14.5 Å². The Morgan fingerprint density at radius 2 is 1.57 bits per heavy atom. The van der Waals surface area contributed by atoms with E-state index in [1.54, 1.807) is 4.90 Å². The highest BCUT2D eigenvalue weighted by Crippen LogP contribution is 2.48. The Morgan fingerprint density at radius 3 is 2.17 bits per heavy atom. The first-order valence-corrected chi connectivity index (χ1v) is 9.88. The Hall–Kier alpha value is -2.89. The van der Waals surface area contributed by atoms with Crippen molar-refractivity contribution < 1.29 is 22.8 Å². The maximum Gasteiger partial charge on any atom is 0.416 e. The van der Waals surface area contributed by atoms with Crippen molar-refractivity contribution in [3.05, 3.63) is 77.0 Å². The minimum Gasteiger partial charge on any atom is -0.294 e. The molecule has 0 aromatic heterocycles. The molecule has 0 fully saturated rings. The third-order valence-electron chi connectivity index (χ3n) is 5.80. The molecule has 0 N–H and O–H groups in total. The van der Waals surface area contributed by atoms with Crippen molar-refractivity contribution in [3.63, 3.8) is 0 Å². The molecule has 2 aliphatic rings. The second-order valence-corrected chi connectivity index (χ2v) is 8.74. The fourth-order valence-electron chi connectivity index (χ4n) is 4.48. The Balaban J connectivity index is 1.84. The molecular formula is C24H22F3NO2. The average Bonchev–Trinajstić information content (AvgIpc) is 2.66. The van der Waals surface area contributed by atoms with Crippen LogP contribution in [0.25, 0.3) is 0 Å². The summed E-state index contributed by atoms with van der Waals surface area (Å²) in [6.07, 6.45) is -3.49. The molecule has 6 heteroatoms. The molecule has 1 atom stereocenters. The summed E-state index contributed by atoms with van der Waals surface area (Å²) in [5, 5.41) is 0. The van der Waals surface area contributed by atoms with Crippen LogP contribution >= 0.6 is 0 Å². The van der Waals surface area contributed by atoms with Crippen LogP contribution in [0.5, 0.6) is 0 Å². The number of carbonyl (C=O) groups is 2. The van der Waals surface area contributed by atoms with Crippen LogP contribution in [0.2, 0.25) is 0 Å². The van der Waals surface area contributed by atoms with Gasteiger partial charge in [0.25, 0.3) is 0 Å². The number of Topliss-reactive ketones (excluding diaryl/α,β-unsaturated/α-hetero) is 1. The zero-order valence-corrected chi connectivity index (χ0v) is 16.8. The molecule has 0 spiro atoms. The number of ketones is 1. The number of nitrogens with zero attached hydrogens (tertiary/aromatic N) is 1. The number of halogens is 3. The predicted octanol–water partition coefficient (Wildman–Crippen LogP) is 5.87. The summed E-state index contributed by atoms with van der Waals surface area (Å²) < 4.78 is 38.9. The van der Waals surface area contributed by atoms with Crippen molar-refractivity contribution in [1.82, 2.24) is 0 Å². The summed E-state index contributed by atoms with van der Waals surface area (Å²) in [5.41, 5.74) is 1.44. The molecular weight excluding hydrogens is 391 g/mol. The first kappa shape index (κ1) is 20.4. The molecule has 156 valence electrons. The van der Waals surface area contributed by atoms with Gasteiger partial charge in [-0.05, 0) is 41.7 Å². The summed E-state index contributed by atoms with van der Waals surface area (Å²) in [6, 6.07) is 14.0. The Labute approximate surface area is 173 Å². The normalized spacial score (nSPS) is 21.6. The van der Waals surface area contributed by atoms with Gasteiger partial charge < -0.3 is 0 Å². The van der Waals surface area contributed by atoms with Gasteiger partial charge in [-0.25, -0.2) is 0 Å². The first-order chi connectivity index (χ1) is 14.1. The smallest absolute Gasteiger partial charge is 0.294 e. The number of alkyl halides is 3. The van der Waals surface area contributed by atoms with Gasteiger partial charge >= 0.3 is 6.18 Å². The maximum atomic E-state index is 13.2. The van der Waals surface area contributed by atoms with Crippen LogP contribution < -0.4 is 4.90 Å². The van der Waals surface area contributed by atoms with Gasteiger partial charge in [-0.15, -0.1) is 0 Å². The van der Waals surface area contributed by atoms with Gasteiger partial charge in [0, 0.05) is 35.7 Å². The molecule has 1 amide bonds. The molecule has 3 nitrogen and oxygen atoms in total. The molecule has 2 aromatic rings. The molecule has 4 rings (SSSR count). The molecule has 30 heavy (non-hydrogen) atoms. The second kappa shape index (κ2) is 7.11. The number of anilines is 1. The van der Waals surface area contributed by atoms with Gasteiger partial charge in [0.15, 0.2) is 5.78 Å². The molecule has 0 radical (unpaired) electrons. The fourth-order valence-corrected chi connectivity index (χ4v) is 4.48. The molecule has 1 aliphatic heterocycles. The molecule has 0 saturated heterocycles. The Bertz CT molecular complexity index is 1020. The fraction of sp³-hybridized carbons (Fsp3) is 0.333. The van der Waals surface area contributed by atoms with E-state index in [1.807, 2.05) is 44.2 Å². The number of para-hydroxylation sites is 1. The van der Waals surface area contributed by atoms with Crippen LogP contribution in [0, 0.1) is 5.41 Å². The summed E-state index contributed by atoms with van der Waals surface area (Å²) in [5.74, 6) is -0.728. The quantitative estimate of drug-likeness (QED) is 0.618. The topological polar surface area (TPSA) is 37.4 Å². The van der Waals surface area contributed by atoms with Gasteiger partial charge in [-0.2, -0.15) is 13.2 Å². The van der Waals surface area contributed by atoms with Crippen molar-refractivity contribution in [3.8, 4) is 0 Å². The summed E-state index contributed by atoms with van der Waals surface area (Å²) >= 11 is 0. The third kappa shape index (κ3) is 3.66.